The molecule has 1 aromatic rings. The molecule has 24 heavy (non-hydrogen) atoms. The Labute approximate surface area is 146 Å². The highest BCUT2D eigenvalue weighted by Gasteiger charge is 2.24. The van der Waals surface area contributed by atoms with E-state index >= 15 is 0 Å². The standard InChI is InChI=1S/C20H31NO3/c1-6-17(4)21(14-16(3)20(23)24-5)19(22)9-7-8-18-12-10-15(2)11-13-18/h10-13,16-17H,6-9,14H2,1-5H3. The summed E-state index contributed by atoms with van der Waals surface area (Å²) >= 11 is 0. The SMILES string of the molecule is CCC(C)N(CC(C)C(=O)OC)C(=O)CCCc1ccc(C)cc1. The molecule has 0 saturated heterocycles. The molecule has 1 rings (SSSR count). The van der Waals surface area contributed by atoms with E-state index in [0.29, 0.717) is 13.0 Å². The van der Waals surface area contributed by atoms with Crippen molar-refractivity contribution in [3.63, 3.8) is 0 Å². The highest BCUT2D eigenvalue weighted by molar-refractivity contribution is 5.78. The van der Waals surface area contributed by atoms with E-state index in [1.165, 1.54) is 18.2 Å². The number of carbonyl (C=O) groups is 2. The molecule has 0 N–H and O–H groups in total. The molecule has 1 amide bonds. The molecule has 0 bridgehead atoms. The van der Waals surface area contributed by atoms with Crippen molar-refractivity contribution < 1.29 is 14.3 Å². The van der Waals surface area contributed by atoms with E-state index in [2.05, 4.69) is 38.1 Å². The molecule has 4 heteroatoms. The Morgan fingerprint density at radius 1 is 1.17 bits per heavy atom. The number of hydrogen-bond donors (Lipinski definition) is 0. The van der Waals surface area contributed by atoms with Crippen molar-refractivity contribution in [2.24, 2.45) is 5.92 Å². The summed E-state index contributed by atoms with van der Waals surface area (Å²) < 4.78 is 4.78. The average Bonchev–Trinajstić information content (AvgIpc) is 2.59. The molecule has 134 valence electrons. The van der Waals surface area contributed by atoms with Crippen molar-refractivity contribution in [2.45, 2.75) is 59.4 Å². The van der Waals surface area contributed by atoms with Crippen LogP contribution in [0.4, 0.5) is 0 Å². The lowest BCUT2D eigenvalue weighted by molar-refractivity contribution is -0.147. The quantitative estimate of drug-likeness (QED) is 0.647. The van der Waals surface area contributed by atoms with Crippen LogP contribution in [-0.4, -0.2) is 36.5 Å². The third-order valence-corrected chi connectivity index (χ3v) is 4.49. The number of carbonyl (C=O) groups excluding carboxylic acids is 2. The number of esters is 1. The summed E-state index contributed by atoms with van der Waals surface area (Å²) in [6, 6.07) is 8.56. The van der Waals surface area contributed by atoms with Gasteiger partial charge in [0.05, 0.1) is 13.0 Å². The van der Waals surface area contributed by atoms with Gasteiger partial charge in [0, 0.05) is 19.0 Å². The lowest BCUT2D eigenvalue weighted by Crippen LogP contribution is -2.42. The third-order valence-electron chi connectivity index (χ3n) is 4.49. The van der Waals surface area contributed by atoms with Gasteiger partial charge in [-0.3, -0.25) is 9.59 Å². The number of amides is 1. The van der Waals surface area contributed by atoms with Crippen LogP contribution in [0.3, 0.4) is 0 Å². The van der Waals surface area contributed by atoms with E-state index < -0.39 is 0 Å². The van der Waals surface area contributed by atoms with Crippen LogP contribution in [0.5, 0.6) is 0 Å². The summed E-state index contributed by atoms with van der Waals surface area (Å²) in [6.45, 7) is 8.38. The Morgan fingerprint density at radius 3 is 2.33 bits per heavy atom. The fourth-order valence-corrected chi connectivity index (χ4v) is 2.66. The van der Waals surface area contributed by atoms with Crippen molar-refractivity contribution in [3.8, 4) is 0 Å². The molecule has 0 radical (unpaired) electrons. The first-order valence-corrected chi connectivity index (χ1v) is 8.81. The first-order valence-electron chi connectivity index (χ1n) is 8.81. The topological polar surface area (TPSA) is 46.6 Å². The van der Waals surface area contributed by atoms with Crippen molar-refractivity contribution in [3.05, 3.63) is 35.4 Å². The summed E-state index contributed by atoms with van der Waals surface area (Å²) in [6.07, 6.45) is 3.10. The highest BCUT2D eigenvalue weighted by atomic mass is 16.5. The van der Waals surface area contributed by atoms with Gasteiger partial charge in [0.15, 0.2) is 0 Å². The average molecular weight is 333 g/mol. The van der Waals surface area contributed by atoms with Gasteiger partial charge in [0.25, 0.3) is 0 Å². The number of methoxy groups -OCH3 is 1. The minimum absolute atomic E-state index is 0.118. The predicted molar refractivity (Wildman–Crippen MR) is 96.8 cm³/mol. The van der Waals surface area contributed by atoms with E-state index in [4.69, 9.17) is 4.74 Å². The van der Waals surface area contributed by atoms with Gasteiger partial charge in [-0.1, -0.05) is 43.7 Å². The Morgan fingerprint density at radius 2 is 1.79 bits per heavy atom. The minimum Gasteiger partial charge on any atom is -0.469 e. The smallest absolute Gasteiger partial charge is 0.310 e. The maximum Gasteiger partial charge on any atom is 0.310 e. The second-order valence-electron chi connectivity index (χ2n) is 6.57. The van der Waals surface area contributed by atoms with Gasteiger partial charge >= 0.3 is 5.97 Å². The predicted octanol–water partition coefficient (Wildman–Crippen LogP) is 3.75. The summed E-state index contributed by atoms with van der Waals surface area (Å²) in [4.78, 5) is 26.1. The summed E-state index contributed by atoms with van der Waals surface area (Å²) in [5.74, 6) is -0.451. The van der Waals surface area contributed by atoms with Crippen LogP contribution in [0, 0.1) is 12.8 Å². The highest BCUT2D eigenvalue weighted by Crippen LogP contribution is 2.14. The fourth-order valence-electron chi connectivity index (χ4n) is 2.66. The molecule has 1 aromatic carbocycles. The number of hydrogen-bond acceptors (Lipinski definition) is 3. The zero-order valence-corrected chi connectivity index (χ0v) is 15.7. The van der Waals surface area contributed by atoms with Crippen molar-refractivity contribution in [1.82, 2.24) is 4.90 Å². The molecule has 4 nitrogen and oxygen atoms in total. The largest absolute Gasteiger partial charge is 0.469 e. The zero-order chi connectivity index (χ0) is 18.1. The Bertz CT molecular complexity index is 524. The first-order chi connectivity index (χ1) is 11.4. The van der Waals surface area contributed by atoms with Gasteiger partial charge in [-0.15, -0.1) is 0 Å². The maximum absolute atomic E-state index is 12.6. The van der Waals surface area contributed by atoms with Crippen LogP contribution in [0.25, 0.3) is 0 Å². The van der Waals surface area contributed by atoms with Crippen LogP contribution >= 0.6 is 0 Å². The van der Waals surface area contributed by atoms with E-state index in [-0.39, 0.29) is 23.8 Å². The third kappa shape index (κ3) is 6.34. The summed E-state index contributed by atoms with van der Waals surface area (Å²) in [5.41, 5.74) is 2.50. The number of ether oxygens (including phenoxy) is 1. The van der Waals surface area contributed by atoms with Crippen LogP contribution in [0.15, 0.2) is 24.3 Å². The van der Waals surface area contributed by atoms with Crippen LogP contribution in [0.1, 0.15) is 51.2 Å². The molecular formula is C20H31NO3. The molecular weight excluding hydrogens is 302 g/mol. The normalized spacial score (nSPS) is 13.2. The van der Waals surface area contributed by atoms with E-state index in [1.807, 2.05) is 11.8 Å². The molecule has 0 heterocycles. The summed E-state index contributed by atoms with van der Waals surface area (Å²) in [7, 11) is 1.38. The molecule has 0 aliphatic heterocycles. The van der Waals surface area contributed by atoms with Crippen molar-refractivity contribution >= 4 is 11.9 Å². The molecule has 0 spiro atoms. The maximum atomic E-state index is 12.6. The monoisotopic (exact) mass is 333 g/mol. The van der Waals surface area contributed by atoms with E-state index in [1.54, 1.807) is 6.92 Å². The van der Waals surface area contributed by atoms with Gasteiger partial charge in [-0.25, -0.2) is 0 Å². The van der Waals surface area contributed by atoms with Gasteiger partial charge in [0.2, 0.25) is 5.91 Å². The summed E-state index contributed by atoms with van der Waals surface area (Å²) in [5, 5.41) is 0. The Kier molecular flexibility index (Phi) is 8.51. The van der Waals surface area contributed by atoms with Crippen LogP contribution < -0.4 is 0 Å². The number of benzene rings is 1. The first kappa shape index (κ1) is 20.2. The second-order valence-corrected chi connectivity index (χ2v) is 6.57. The van der Waals surface area contributed by atoms with Crippen LogP contribution in [0.2, 0.25) is 0 Å². The van der Waals surface area contributed by atoms with Crippen molar-refractivity contribution in [1.29, 1.82) is 0 Å². The van der Waals surface area contributed by atoms with Crippen molar-refractivity contribution in [2.75, 3.05) is 13.7 Å². The van der Waals surface area contributed by atoms with Gasteiger partial charge in [-0.2, -0.15) is 0 Å². The molecule has 0 saturated carbocycles. The van der Waals surface area contributed by atoms with Gasteiger partial charge in [0.1, 0.15) is 0 Å². The minimum atomic E-state index is -0.301. The van der Waals surface area contributed by atoms with E-state index in [9.17, 15) is 9.59 Å². The second kappa shape index (κ2) is 10.1. The molecule has 0 aliphatic rings. The molecule has 0 fully saturated rings. The number of rotatable bonds is 9. The van der Waals surface area contributed by atoms with Gasteiger partial charge < -0.3 is 9.64 Å². The molecule has 2 unspecified atom stereocenters. The molecule has 2 atom stereocenters. The Hall–Kier alpha value is -1.84. The van der Waals surface area contributed by atoms with E-state index in [0.717, 1.165) is 19.3 Å². The number of nitrogens with zero attached hydrogens (tertiary/aromatic N) is 1. The lowest BCUT2D eigenvalue weighted by atomic mass is 10.0. The lowest BCUT2D eigenvalue weighted by Gasteiger charge is -2.30. The zero-order valence-electron chi connectivity index (χ0n) is 15.7. The fraction of sp³-hybridized carbons (Fsp3) is 0.600. The van der Waals surface area contributed by atoms with Crippen LogP contribution in [-0.2, 0) is 20.7 Å². The molecule has 0 aliphatic carbocycles. The Balaban J connectivity index is 2.57. The van der Waals surface area contributed by atoms with Gasteiger partial charge in [-0.05, 0) is 38.7 Å². The molecule has 0 aromatic heterocycles. The number of aryl methyl sites for hydroxylation is 2.